The van der Waals surface area contributed by atoms with Gasteiger partial charge in [0.25, 0.3) is 0 Å². The van der Waals surface area contributed by atoms with Gasteiger partial charge >= 0.3 is 6.09 Å². The highest BCUT2D eigenvalue weighted by molar-refractivity contribution is 9.10. The molecule has 5 heteroatoms. The molecule has 0 saturated heterocycles. The minimum absolute atomic E-state index is 0.0221. The third kappa shape index (κ3) is 3.42. The lowest BCUT2D eigenvalue weighted by atomic mass is 10.2. The quantitative estimate of drug-likeness (QED) is 0.871. The topological polar surface area (TPSA) is 52.3 Å². The van der Waals surface area contributed by atoms with Crippen LogP contribution in [0, 0.1) is 5.82 Å². The fourth-order valence-corrected chi connectivity index (χ4v) is 1.36. The van der Waals surface area contributed by atoms with Crippen molar-refractivity contribution < 1.29 is 13.9 Å². The normalized spacial score (nSPS) is 9.69. The van der Waals surface area contributed by atoms with Gasteiger partial charge in [-0.25, -0.2) is 9.18 Å². The Bertz CT molecular complexity index is 310. The average molecular weight is 248 g/mol. The molecule has 2 N–H and O–H groups in total. The minimum atomic E-state index is -0.875. The molecule has 3 nitrogen and oxygen atoms in total. The lowest BCUT2D eigenvalue weighted by Crippen LogP contribution is -2.12. The van der Waals surface area contributed by atoms with E-state index in [-0.39, 0.29) is 6.61 Å². The number of rotatable bonds is 2. The van der Waals surface area contributed by atoms with Crippen LogP contribution in [0.5, 0.6) is 0 Å². The number of carbonyl (C=O) groups is 1. The number of amides is 1. The summed E-state index contributed by atoms with van der Waals surface area (Å²) < 4.78 is 17.8. The van der Waals surface area contributed by atoms with Crippen molar-refractivity contribution in [1.29, 1.82) is 0 Å². The summed E-state index contributed by atoms with van der Waals surface area (Å²) >= 11 is 3.11. The van der Waals surface area contributed by atoms with Crippen LogP contribution in [0.3, 0.4) is 0 Å². The first-order valence-electron chi connectivity index (χ1n) is 3.45. The Kier molecular flexibility index (Phi) is 3.25. The molecule has 0 fully saturated rings. The molecule has 0 radical (unpaired) electrons. The maximum Gasteiger partial charge on any atom is 0.404 e. The molecule has 0 aromatic heterocycles. The van der Waals surface area contributed by atoms with E-state index in [0.29, 0.717) is 10.0 Å². The Balaban J connectivity index is 2.71. The molecule has 70 valence electrons. The molecule has 0 heterocycles. The largest absolute Gasteiger partial charge is 0.445 e. The van der Waals surface area contributed by atoms with Crippen molar-refractivity contribution in [2.75, 3.05) is 0 Å². The average Bonchev–Trinajstić information content (AvgIpc) is 1.99. The van der Waals surface area contributed by atoms with E-state index < -0.39 is 11.9 Å². The molecule has 1 amide bonds. The van der Waals surface area contributed by atoms with E-state index in [9.17, 15) is 9.18 Å². The summed E-state index contributed by atoms with van der Waals surface area (Å²) in [7, 11) is 0. The van der Waals surface area contributed by atoms with Crippen LogP contribution in [-0.2, 0) is 11.3 Å². The smallest absolute Gasteiger partial charge is 0.404 e. The van der Waals surface area contributed by atoms with Crippen LogP contribution < -0.4 is 5.73 Å². The summed E-state index contributed by atoms with van der Waals surface area (Å²) in [6.45, 7) is -0.0221. The molecule has 13 heavy (non-hydrogen) atoms. The van der Waals surface area contributed by atoms with Crippen LogP contribution in [0.2, 0.25) is 0 Å². The lowest BCUT2D eigenvalue weighted by molar-refractivity contribution is 0.150. The number of benzene rings is 1. The molecular formula is C8H7BrFNO2. The van der Waals surface area contributed by atoms with E-state index in [1.54, 1.807) is 6.07 Å². The van der Waals surface area contributed by atoms with Gasteiger partial charge in [-0.15, -0.1) is 0 Å². The number of carbonyl (C=O) groups excluding carboxylic acids is 1. The second kappa shape index (κ2) is 4.23. The molecule has 0 atom stereocenters. The highest BCUT2D eigenvalue weighted by Crippen LogP contribution is 2.15. The van der Waals surface area contributed by atoms with Gasteiger partial charge in [0.05, 0.1) is 0 Å². The van der Waals surface area contributed by atoms with Crippen molar-refractivity contribution in [3.05, 3.63) is 34.1 Å². The van der Waals surface area contributed by atoms with Gasteiger partial charge in [0.15, 0.2) is 0 Å². The number of primary amides is 1. The van der Waals surface area contributed by atoms with Gasteiger partial charge in [-0.2, -0.15) is 0 Å². The number of halogens is 2. The molecule has 1 aromatic rings. The van der Waals surface area contributed by atoms with Gasteiger partial charge in [-0.05, 0) is 23.8 Å². The van der Waals surface area contributed by atoms with Gasteiger partial charge < -0.3 is 10.5 Å². The molecule has 0 aliphatic carbocycles. The van der Waals surface area contributed by atoms with Gasteiger partial charge in [0, 0.05) is 4.47 Å². The predicted octanol–water partition coefficient (Wildman–Crippen LogP) is 2.18. The molecule has 0 aliphatic rings. The zero-order valence-electron chi connectivity index (χ0n) is 6.59. The monoisotopic (exact) mass is 247 g/mol. The van der Waals surface area contributed by atoms with Crippen LogP contribution in [0.25, 0.3) is 0 Å². The maximum absolute atomic E-state index is 12.8. The molecule has 1 aromatic carbocycles. The second-order valence-corrected chi connectivity index (χ2v) is 3.30. The number of nitrogens with two attached hydrogens (primary N) is 1. The van der Waals surface area contributed by atoms with E-state index in [1.807, 2.05) is 0 Å². The van der Waals surface area contributed by atoms with Gasteiger partial charge in [-0.3, -0.25) is 0 Å². The fraction of sp³-hybridized carbons (Fsp3) is 0.125. The van der Waals surface area contributed by atoms with Crippen LogP contribution in [0.1, 0.15) is 5.56 Å². The summed E-state index contributed by atoms with van der Waals surface area (Å²) in [5.74, 6) is -0.391. The molecule has 1 rings (SSSR count). The van der Waals surface area contributed by atoms with E-state index in [1.165, 1.54) is 12.1 Å². The van der Waals surface area contributed by atoms with Crippen LogP contribution >= 0.6 is 15.9 Å². The first kappa shape index (κ1) is 9.98. The first-order valence-corrected chi connectivity index (χ1v) is 4.24. The Morgan fingerprint density at radius 1 is 1.54 bits per heavy atom. The summed E-state index contributed by atoms with van der Waals surface area (Å²) in [5, 5.41) is 0. The molecule has 0 bridgehead atoms. The number of hydrogen-bond donors (Lipinski definition) is 1. The van der Waals surface area contributed by atoms with Crippen molar-refractivity contribution in [2.45, 2.75) is 6.61 Å². The Morgan fingerprint density at radius 3 is 2.77 bits per heavy atom. The van der Waals surface area contributed by atoms with Crippen LogP contribution in [-0.4, -0.2) is 6.09 Å². The lowest BCUT2D eigenvalue weighted by Gasteiger charge is -2.02. The highest BCUT2D eigenvalue weighted by atomic mass is 79.9. The van der Waals surface area contributed by atoms with Crippen molar-refractivity contribution in [3.63, 3.8) is 0 Å². The molecule has 0 aliphatic heterocycles. The minimum Gasteiger partial charge on any atom is -0.445 e. The van der Waals surface area contributed by atoms with Crippen molar-refractivity contribution >= 4 is 22.0 Å². The Hall–Kier alpha value is -1.10. The van der Waals surface area contributed by atoms with Crippen LogP contribution in [0.4, 0.5) is 9.18 Å². The molecule has 0 unspecified atom stereocenters. The second-order valence-electron chi connectivity index (χ2n) is 2.39. The highest BCUT2D eigenvalue weighted by Gasteiger charge is 2.00. The SMILES string of the molecule is NC(=O)OCc1cc(F)cc(Br)c1. The van der Waals surface area contributed by atoms with Crippen molar-refractivity contribution in [3.8, 4) is 0 Å². The number of hydrogen-bond acceptors (Lipinski definition) is 2. The summed E-state index contributed by atoms with van der Waals surface area (Å²) in [4.78, 5) is 10.2. The van der Waals surface area contributed by atoms with Gasteiger partial charge in [0.1, 0.15) is 12.4 Å². The van der Waals surface area contributed by atoms with Crippen LogP contribution in [0.15, 0.2) is 22.7 Å². The van der Waals surface area contributed by atoms with Crippen molar-refractivity contribution in [1.82, 2.24) is 0 Å². The maximum atomic E-state index is 12.8. The molecular weight excluding hydrogens is 241 g/mol. The third-order valence-electron chi connectivity index (χ3n) is 1.30. The standard InChI is InChI=1S/C8H7BrFNO2/c9-6-1-5(2-7(10)3-6)4-13-8(11)12/h1-3H,4H2,(H2,11,12). The molecule has 0 saturated carbocycles. The van der Waals surface area contributed by atoms with E-state index >= 15 is 0 Å². The van der Waals surface area contributed by atoms with E-state index in [2.05, 4.69) is 20.7 Å². The predicted molar refractivity (Wildman–Crippen MR) is 48.5 cm³/mol. The zero-order chi connectivity index (χ0) is 9.84. The van der Waals surface area contributed by atoms with E-state index in [4.69, 9.17) is 5.73 Å². The zero-order valence-corrected chi connectivity index (χ0v) is 8.17. The summed E-state index contributed by atoms with van der Waals surface area (Å²) in [6, 6.07) is 4.23. The third-order valence-corrected chi connectivity index (χ3v) is 1.76. The fourth-order valence-electron chi connectivity index (χ4n) is 0.849. The van der Waals surface area contributed by atoms with Crippen molar-refractivity contribution in [2.24, 2.45) is 5.73 Å². The Morgan fingerprint density at radius 2 is 2.23 bits per heavy atom. The first-order chi connectivity index (χ1) is 6.08. The Labute approximate surface area is 82.8 Å². The summed E-state index contributed by atoms with van der Waals surface area (Å²) in [6.07, 6.45) is -0.875. The number of ether oxygens (including phenoxy) is 1. The summed E-state index contributed by atoms with van der Waals surface area (Å²) in [5.41, 5.74) is 5.30. The van der Waals surface area contributed by atoms with Gasteiger partial charge in [-0.1, -0.05) is 15.9 Å². The van der Waals surface area contributed by atoms with Gasteiger partial charge in [0.2, 0.25) is 0 Å². The van der Waals surface area contributed by atoms with E-state index in [0.717, 1.165) is 0 Å². The molecule has 0 spiro atoms.